The molecule has 0 bridgehead atoms. The van der Waals surface area contributed by atoms with Crippen LogP contribution in [0.4, 0.5) is 4.39 Å². The van der Waals surface area contributed by atoms with E-state index in [1.165, 1.54) is 12.1 Å². The number of piperidine rings is 1. The van der Waals surface area contributed by atoms with Crippen LogP contribution in [-0.2, 0) is 15.9 Å². The number of allylic oxidation sites excluding steroid dienone is 1. The molecule has 1 aliphatic carbocycles. The number of para-hydroxylation sites is 1. The molecule has 6 heteroatoms. The number of pyridine rings is 1. The minimum atomic E-state index is -0.247. The van der Waals surface area contributed by atoms with Crippen LogP contribution in [0.15, 0.2) is 48.5 Å². The molecule has 1 aromatic heterocycles. The third-order valence-electron chi connectivity index (χ3n) is 7.45. The van der Waals surface area contributed by atoms with Gasteiger partial charge in [-0.15, -0.1) is 0 Å². The average molecular weight is 473 g/mol. The molecule has 5 nitrogen and oxygen atoms in total. The maximum atomic E-state index is 14.0. The number of fused-ring (bicyclic) bond motifs is 2. The topological polar surface area (TPSA) is 51.7 Å². The first-order valence-corrected chi connectivity index (χ1v) is 12.6. The fourth-order valence-corrected chi connectivity index (χ4v) is 5.66. The van der Waals surface area contributed by atoms with Crippen LogP contribution < -0.4 is 0 Å². The average Bonchev–Trinajstić information content (AvgIpc) is 3.44. The monoisotopic (exact) mass is 472 g/mol. The lowest BCUT2D eigenvalue weighted by molar-refractivity contribution is -0.0956. The zero-order valence-electron chi connectivity index (χ0n) is 19.7. The van der Waals surface area contributed by atoms with E-state index in [1.807, 2.05) is 29.2 Å². The fraction of sp³-hybridized carbons (Fsp3) is 0.379. The zero-order chi connectivity index (χ0) is 23.8. The summed E-state index contributed by atoms with van der Waals surface area (Å²) in [6.45, 7) is 2.73. The number of aromatic nitrogens is 1. The first-order valence-electron chi connectivity index (χ1n) is 12.6. The lowest BCUT2D eigenvalue weighted by atomic mass is 9.85. The Kier molecular flexibility index (Phi) is 6.08. The Morgan fingerprint density at radius 3 is 2.51 bits per heavy atom. The Morgan fingerprint density at radius 2 is 1.74 bits per heavy atom. The summed E-state index contributed by atoms with van der Waals surface area (Å²) in [7, 11) is 0. The van der Waals surface area contributed by atoms with E-state index in [9.17, 15) is 9.18 Å². The van der Waals surface area contributed by atoms with E-state index in [-0.39, 0.29) is 18.0 Å². The van der Waals surface area contributed by atoms with Crippen molar-refractivity contribution in [3.63, 3.8) is 0 Å². The van der Waals surface area contributed by atoms with Crippen molar-refractivity contribution in [2.24, 2.45) is 5.92 Å². The molecule has 2 aromatic carbocycles. The molecule has 0 atom stereocenters. The van der Waals surface area contributed by atoms with E-state index in [2.05, 4.69) is 6.08 Å². The number of halogens is 1. The van der Waals surface area contributed by atoms with Crippen LogP contribution in [0.3, 0.4) is 0 Å². The van der Waals surface area contributed by atoms with Crippen molar-refractivity contribution >= 4 is 28.5 Å². The van der Waals surface area contributed by atoms with Crippen molar-refractivity contribution in [2.75, 3.05) is 26.3 Å². The van der Waals surface area contributed by atoms with Crippen molar-refractivity contribution in [1.82, 2.24) is 9.88 Å². The van der Waals surface area contributed by atoms with Gasteiger partial charge in [-0.25, -0.2) is 9.37 Å². The predicted octanol–water partition coefficient (Wildman–Crippen LogP) is 5.48. The number of hydrogen-bond acceptors (Lipinski definition) is 4. The standard InChI is InChI=1S/C29H29FN2O3/c30-22-10-8-19(9-11-22)18-21-4-3-6-24-26(23-5-1-2-7-25(23)31-27(21)24)28(33)32-14-12-20(13-15-32)29-34-16-17-35-29/h1-2,5,7-11,18,20,29H,3-4,6,12-17H2/b21-18+. The van der Waals surface area contributed by atoms with Crippen molar-refractivity contribution < 1.29 is 18.7 Å². The summed E-state index contributed by atoms with van der Waals surface area (Å²) >= 11 is 0. The van der Waals surface area contributed by atoms with E-state index in [0.29, 0.717) is 32.2 Å². The Hall–Kier alpha value is -3.09. The van der Waals surface area contributed by atoms with Gasteiger partial charge in [-0.3, -0.25) is 4.79 Å². The van der Waals surface area contributed by atoms with Crippen molar-refractivity contribution in [3.8, 4) is 0 Å². The summed E-state index contributed by atoms with van der Waals surface area (Å²) in [5.41, 5.74) is 5.62. The second-order valence-electron chi connectivity index (χ2n) is 9.65. The first-order chi connectivity index (χ1) is 17.2. The third-order valence-corrected chi connectivity index (χ3v) is 7.45. The van der Waals surface area contributed by atoms with Gasteiger partial charge in [0, 0.05) is 24.4 Å². The van der Waals surface area contributed by atoms with E-state index in [1.54, 1.807) is 12.1 Å². The van der Waals surface area contributed by atoms with Gasteiger partial charge in [0.05, 0.1) is 30.0 Å². The van der Waals surface area contributed by atoms with Crippen molar-refractivity contribution in [3.05, 3.63) is 76.7 Å². The summed E-state index contributed by atoms with van der Waals surface area (Å²) in [5, 5.41) is 0.920. The SMILES string of the molecule is O=C(c1c2c(nc3ccccc13)/C(=C/c1ccc(F)cc1)CCC2)N1CCC(C2OCCO2)CC1. The summed E-state index contributed by atoms with van der Waals surface area (Å²) in [5.74, 6) is 0.188. The second-order valence-corrected chi connectivity index (χ2v) is 9.65. The molecule has 2 fully saturated rings. The molecule has 3 aromatic rings. The lowest BCUT2D eigenvalue weighted by Gasteiger charge is -2.35. The number of nitrogens with zero attached hydrogens (tertiary/aromatic N) is 2. The predicted molar refractivity (Wildman–Crippen MR) is 133 cm³/mol. The maximum absolute atomic E-state index is 14.0. The van der Waals surface area contributed by atoms with Gasteiger partial charge in [-0.05, 0) is 73.1 Å². The Balaban J connectivity index is 1.36. The molecule has 1 amide bonds. The van der Waals surface area contributed by atoms with Crippen LogP contribution in [0.1, 0.15) is 52.9 Å². The largest absolute Gasteiger partial charge is 0.350 e. The van der Waals surface area contributed by atoms with Gasteiger partial charge < -0.3 is 14.4 Å². The molecule has 0 N–H and O–H groups in total. The van der Waals surface area contributed by atoms with Crippen LogP contribution >= 0.6 is 0 Å². The van der Waals surface area contributed by atoms with Gasteiger partial charge >= 0.3 is 0 Å². The number of rotatable bonds is 3. The number of amides is 1. The molecule has 2 saturated heterocycles. The van der Waals surface area contributed by atoms with Crippen LogP contribution in [-0.4, -0.2) is 48.4 Å². The van der Waals surface area contributed by atoms with Gasteiger partial charge in [-0.2, -0.15) is 0 Å². The molecule has 3 heterocycles. The molecule has 2 aliphatic heterocycles. The first kappa shape index (κ1) is 22.4. The van der Waals surface area contributed by atoms with E-state index >= 15 is 0 Å². The lowest BCUT2D eigenvalue weighted by Crippen LogP contribution is -2.42. The summed E-state index contributed by atoms with van der Waals surface area (Å²) in [6.07, 6.45) is 6.40. The normalized spacial score (nSPS) is 20.5. The molecular formula is C29H29FN2O3. The highest BCUT2D eigenvalue weighted by atomic mass is 19.1. The number of likely N-dealkylation sites (tertiary alicyclic amines) is 1. The molecule has 35 heavy (non-hydrogen) atoms. The van der Waals surface area contributed by atoms with Gasteiger partial charge in [0.15, 0.2) is 6.29 Å². The third kappa shape index (κ3) is 4.37. The molecule has 180 valence electrons. The molecule has 0 saturated carbocycles. The van der Waals surface area contributed by atoms with E-state index in [4.69, 9.17) is 14.5 Å². The Labute approximate surface area is 204 Å². The Bertz CT molecular complexity index is 1270. The summed E-state index contributed by atoms with van der Waals surface area (Å²) in [6, 6.07) is 14.5. The minimum Gasteiger partial charge on any atom is -0.350 e. The quantitative estimate of drug-likeness (QED) is 0.507. The second kappa shape index (κ2) is 9.51. The maximum Gasteiger partial charge on any atom is 0.254 e. The minimum absolute atomic E-state index is 0.0922. The molecule has 3 aliphatic rings. The van der Waals surface area contributed by atoms with Crippen molar-refractivity contribution in [1.29, 1.82) is 0 Å². The van der Waals surface area contributed by atoms with E-state index < -0.39 is 0 Å². The number of hydrogen-bond donors (Lipinski definition) is 0. The highest BCUT2D eigenvalue weighted by Gasteiger charge is 2.34. The van der Waals surface area contributed by atoms with Crippen LogP contribution in [0.2, 0.25) is 0 Å². The van der Waals surface area contributed by atoms with Gasteiger partial charge in [0.1, 0.15) is 5.82 Å². The zero-order valence-corrected chi connectivity index (χ0v) is 19.7. The van der Waals surface area contributed by atoms with Crippen LogP contribution in [0, 0.1) is 11.7 Å². The number of carbonyl (C=O) groups is 1. The van der Waals surface area contributed by atoms with Crippen LogP contribution in [0.5, 0.6) is 0 Å². The summed E-state index contributed by atoms with van der Waals surface area (Å²) < 4.78 is 24.8. The van der Waals surface area contributed by atoms with Gasteiger partial charge in [0.25, 0.3) is 5.91 Å². The van der Waals surface area contributed by atoms with Gasteiger partial charge in [0.2, 0.25) is 0 Å². The number of benzene rings is 2. The van der Waals surface area contributed by atoms with Crippen LogP contribution in [0.25, 0.3) is 22.6 Å². The highest BCUT2D eigenvalue weighted by molar-refractivity contribution is 6.09. The smallest absolute Gasteiger partial charge is 0.254 e. The molecular weight excluding hydrogens is 443 g/mol. The molecule has 6 rings (SSSR count). The van der Waals surface area contributed by atoms with E-state index in [0.717, 1.165) is 71.0 Å². The fourth-order valence-electron chi connectivity index (χ4n) is 5.66. The Morgan fingerprint density at radius 1 is 1.00 bits per heavy atom. The van der Waals surface area contributed by atoms with Gasteiger partial charge in [-0.1, -0.05) is 30.3 Å². The highest BCUT2D eigenvalue weighted by Crippen LogP contribution is 2.37. The molecule has 0 unspecified atom stereocenters. The number of carbonyl (C=O) groups excluding carboxylic acids is 1. The van der Waals surface area contributed by atoms with Crippen molar-refractivity contribution in [2.45, 2.75) is 38.4 Å². The molecule has 0 spiro atoms. The molecule has 0 radical (unpaired) electrons. The summed E-state index contributed by atoms with van der Waals surface area (Å²) in [4.78, 5) is 21.0. The number of ether oxygens (including phenoxy) is 2.